The zero-order valence-electron chi connectivity index (χ0n) is 15.4. The van der Waals surface area contributed by atoms with Crippen molar-refractivity contribution in [2.75, 3.05) is 27.2 Å². The Kier molecular flexibility index (Phi) is 4.51. The minimum atomic E-state index is 0.0969. The highest BCUT2D eigenvalue weighted by Crippen LogP contribution is 2.26. The van der Waals surface area contributed by atoms with Crippen molar-refractivity contribution in [2.24, 2.45) is 0 Å². The standard InChI is InChI=1S/C22H25N3O/c1-23-14-12-18(13-15-23)24(2)22(26)21-16-17-8-6-7-11-20(17)25(21)19-9-4-3-5-10-19/h3-11,16,18H,12-15H2,1-2H3. The van der Waals surface area contributed by atoms with Gasteiger partial charge in [-0.15, -0.1) is 0 Å². The summed E-state index contributed by atoms with van der Waals surface area (Å²) in [6, 6.07) is 20.7. The van der Waals surface area contributed by atoms with E-state index >= 15 is 0 Å². The molecule has 1 amide bonds. The van der Waals surface area contributed by atoms with Crippen LogP contribution in [0.2, 0.25) is 0 Å². The summed E-state index contributed by atoms with van der Waals surface area (Å²) in [6.45, 7) is 2.09. The summed E-state index contributed by atoms with van der Waals surface area (Å²) in [5.41, 5.74) is 2.83. The zero-order valence-corrected chi connectivity index (χ0v) is 15.4. The second-order valence-corrected chi connectivity index (χ2v) is 7.21. The van der Waals surface area contributed by atoms with Gasteiger partial charge in [0.2, 0.25) is 0 Å². The molecule has 1 aliphatic rings. The van der Waals surface area contributed by atoms with Crippen LogP contribution < -0.4 is 0 Å². The van der Waals surface area contributed by atoms with E-state index in [0.717, 1.165) is 48.2 Å². The van der Waals surface area contributed by atoms with Crippen LogP contribution in [0.15, 0.2) is 60.7 Å². The van der Waals surface area contributed by atoms with Gasteiger partial charge < -0.3 is 14.4 Å². The molecule has 1 aromatic heterocycles. The molecule has 4 nitrogen and oxygen atoms in total. The first-order chi connectivity index (χ1) is 12.6. The molecule has 2 heterocycles. The number of rotatable bonds is 3. The number of nitrogens with zero attached hydrogens (tertiary/aromatic N) is 3. The van der Waals surface area contributed by atoms with Crippen molar-refractivity contribution >= 4 is 16.8 Å². The van der Waals surface area contributed by atoms with E-state index in [1.165, 1.54) is 0 Å². The zero-order chi connectivity index (χ0) is 18.1. The summed E-state index contributed by atoms with van der Waals surface area (Å²) >= 11 is 0. The molecule has 4 rings (SSSR count). The number of likely N-dealkylation sites (tertiary alicyclic amines) is 1. The van der Waals surface area contributed by atoms with Gasteiger partial charge >= 0.3 is 0 Å². The van der Waals surface area contributed by atoms with E-state index in [4.69, 9.17) is 0 Å². The highest BCUT2D eigenvalue weighted by molar-refractivity contribution is 6.00. The molecule has 1 fully saturated rings. The van der Waals surface area contributed by atoms with Crippen LogP contribution in [0.1, 0.15) is 23.3 Å². The maximum Gasteiger partial charge on any atom is 0.270 e. The average molecular weight is 347 g/mol. The van der Waals surface area contributed by atoms with Crippen molar-refractivity contribution in [3.05, 3.63) is 66.4 Å². The van der Waals surface area contributed by atoms with E-state index in [0.29, 0.717) is 6.04 Å². The monoisotopic (exact) mass is 347 g/mol. The number of hydrogen-bond donors (Lipinski definition) is 0. The normalized spacial score (nSPS) is 16.1. The van der Waals surface area contributed by atoms with Crippen LogP contribution >= 0.6 is 0 Å². The molecule has 0 atom stereocenters. The van der Waals surface area contributed by atoms with Gasteiger partial charge in [-0.05, 0) is 57.2 Å². The van der Waals surface area contributed by atoms with Crippen molar-refractivity contribution in [3.8, 4) is 5.69 Å². The summed E-state index contributed by atoms with van der Waals surface area (Å²) < 4.78 is 2.09. The summed E-state index contributed by atoms with van der Waals surface area (Å²) in [5.74, 6) is 0.0969. The number of para-hydroxylation sites is 2. The Morgan fingerprint density at radius 3 is 2.38 bits per heavy atom. The van der Waals surface area contributed by atoms with Crippen molar-refractivity contribution in [3.63, 3.8) is 0 Å². The lowest BCUT2D eigenvalue weighted by molar-refractivity contribution is 0.0652. The molecule has 0 saturated carbocycles. The van der Waals surface area contributed by atoms with Gasteiger partial charge in [0.05, 0.1) is 5.52 Å². The maximum absolute atomic E-state index is 13.4. The number of carbonyl (C=O) groups excluding carboxylic acids is 1. The fraction of sp³-hybridized carbons (Fsp3) is 0.318. The van der Waals surface area contributed by atoms with Gasteiger partial charge in [0.1, 0.15) is 5.69 Å². The lowest BCUT2D eigenvalue weighted by Gasteiger charge is -2.35. The lowest BCUT2D eigenvalue weighted by Crippen LogP contribution is -2.44. The third-order valence-corrected chi connectivity index (χ3v) is 5.50. The molecule has 3 aromatic rings. The van der Waals surface area contributed by atoms with Gasteiger partial charge in [-0.2, -0.15) is 0 Å². The number of piperidine rings is 1. The molecule has 134 valence electrons. The first-order valence-corrected chi connectivity index (χ1v) is 9.27. The second kappa shape index (κ2) is 6.96. The molecule has 0 unspecified atom stereocenters. The van der Waals surface area contributed by atoms with Crippen molar-refractivity contribution < 1.29 is 4.79 Å². The third-order valence-electron chi connectivity index (χ3n) is 5.50. The smallest absolute Gasteiger partial charge is 0.270 e. The van der Waals surface area contributed by atoms with Crippen LogP contribution in [0.4, 0.5) is 0 Å². The van der Waals surface area contributed by atoms with Gasteiger partial charge in [0.25, 0.3) is 5.91 Å². The third kappa shape index (κ3) is 3.01. The topological polar surface area (TPSA) is 28.5 Å². The van der Waals surface area contributed by atoms with E-state index in [1.54, 1.807) is 0 Å². The Bertz CT molecular complexity index is 908. The molecule has 0 spiro atoms. The summed E-state index contributed by atoms with van der Waals surface area (Å²) in [6.07, 6.45) is 2.06. The first-order valence-electron chi connectivity index (χ1n) is 9.27. The number of carbonyl (C=O) groups is 1. The lowest BCUT2D eigenvalue weighted by atomic mass is 10.0. The first kappa shape index (κ1) is 16.9. The Hall–Kier alpha value is -2.59. The van der Waals surface area contributed by atoms with Crippen LogP contribution in [-0.2, 0) is 0 Å². The molecule has 2 aromatic carbocycles. The quantitative estimate of drug-likeness (QED) is 0.721. The molecule has 0 N–H and O–H groups in total. The maximum atomic E-state index is 13.4. The molecule has 1 saturated heterocycles. The minimum absolute atomic E-state index is 0.0969. The van der Waals surface area contributed by atoms with E-state index in [-0.39, 0.29) is 5.91 Å². The Labute approximate surface area is 154 Å². The Balaban J connectivity index is 1.75. The molecule has 26 heavy (non-hydrogen) atoms. The van der Waals surface area contributed by atoms with E-state index in [9.17, 15) is 4.79 Å². The average Bonchev–Trinajstić information content (AvgIpc) is 3.07. The predicted octanol–water partition coefficient (Wildman–Crippen LogP) is 3.80. The molecule has 0 bridgehead atoms. The van der Waals surface area contributed by atoms with E-state index in [2.05, 4.69) is 40.8 Å². The van der Waals surface area contributed by atoms with Gasteiger partial charge in [-0.25, -0.2) is 0 Å². The second-order valence-electron chi connectivity index (χ2n) is 7.21. The number of fused-ring (bicyclic) bond motifs is 1. The fourth-order valence-corrected chi connectivity index (χ4v) is 3.90. The number of aromatic nitrogens is 1. The molecular formula is C22H25N3O. The Morgan fingerprint density at radius 1 is 1.00 bits per heavy atom. The molecule has 0 radical (unpaired) electrons. The molecular weight excluding hydrogens is 322 g/mol. The van der Waals surface area contributed by atoms with Crippen LogP contribution in [-0.4, -0.2) is 53.5 Å². The fourth-order valence-electron chi connectivity index (χ4n) is 3.90. The van der Waals surface area contributed by atoms with Crippen LogP contribution in [0.25, 0.3) is 16.6 Å². The number of hydrogen-bond acceptors (Lipinski definition) is 2. The largest absolute Gasteiger partial charge is 0.337 e. The van der Waals surface area contributed by atoms with E-state index < -0.39 is 0 Å². The minimum Gasteiger partial charge on any atom is -0.337 e. The predicted molar refractivity (Wildman–Crippen MR) is 106 cm³/mol. The van der Waals surface area contributed by atoms with Gasteiger partial charge in [0, 0.05) is 24.2 Å². The number of benzene rings is 2. The highest BCUT2D eigenvalue weighted by atomic mass is 16.2. The van der Waals surface area contributed by atoms with Crippen LogP contribution in [0, 0.1) is 0 Å². The SMILES string of the molecule is CN1CCC(N(C)C(=O)c2cc3ccccc3n2-c2ccccc2)CC1. The van der Waals surface area contributed by atoms with Gasteiger partial charge in [-0.3, -0.25) is 4.79 Å². The van der Waals surface area contributed by atoms with Gasteiger partial charge in [-0.1, -0.05) is 36.4 Å². The van der Waals surface area contributed by atoms with Crippen molar-refractivity contribution in [1.29, 1.82) is 0 Å². The van der Waals surface area contributed by atoms with Crippen LogP contribution in [0.3, 0.4) is 0 Å². The van der Waals surface area contributed by atoms with Crippen LogP contribution in [0.5, 0.6) is 0 Å². The van der Waals surface area contributed by atoms with Crippen molar-refractivity contribution in [2.45, 2.75) is 18.9 Å². The summed E-state index contributed by atoms with van der Waals surface area (Å²) in [5, 5.41) is 1.09. The Morgan fingerprint density at radius 2 is 1.65 bits per heavy atom. The summed E-state index contributed by atoms with van der Waals surface area (Å²) in [7, 11) is 4.09. The molecule has 0 aliphatic carbocycles. The summed E-state index contributed by atoms with van der Waals surface area (Å²) in [4.78, 5) is 17.7. The molecule has 4 heteroatoms. The highest BCUT2D eigenvalue weighted by Gasteiger charge is 2.27. The molecule has 1 aliphatic heterocycles. The van der Waals surface area contributed by atoms with Gasteiger partial charge in [0.15, 0.2) is 0 Å². The van der Waals surface area contributed by atoms with E-state index in [1.807, 2.05) is 48.3 Å². The van der Waals surface area contributed by atoms with Crippen molar-refractivity contribution in [1.82, 2.24) is 14.4 Å². The number of amides is 1.